The highest BCUT2D eigenvalue weighted by Gasteiger charge is 2.34. The molecule has 0 spiro atoms. The van der Waals surface area contributed by atoms with E-state index >= 15 is 0 Å². The monoisotopic (exact) mass is 532 g/mol. The lowest BCUT2D eigenvalue weighted by Crippen LogP contribution is -2.46. The number of aryl methyl sites for hydroxylation is 1. The molecular weight excluding hydrogens is 500 g/mol. The van der Waals surface area contributed by atoms with Gasteiger partial charge in [-0.05, 0) is 73.7 Å². The van der Waals surface area contributed by atoms with Crippen LogP contribution in [0.4, 0.5) is 11.5 Å². The molecule has 1 aliphatic rings. The molecule has 1 heterocycles. The lowest BCUT2D eigenvalue weighted by Gasteiger charge is -2.32. The maximum Gasteiger partial charge on any atom is 0.248 e. The third kappa shape index (κ3) is 7.42. The van der Waals surface area contributed by atoms with Crippen molar-refractivity contribution in [1.29, 1.82) is 0 Å². The number of hydrogen-bond donors (Lipinski definition) is 2. The number of benzene rings is 2. The normalized spacial score (nSPS) is 14.1. The van der Waals surface area contributed by atoms with Gasteiger partial charge in [-0.25, -0.2) is 4.98 Å². The minimum atomic E-state index is -0.871. The first-order valence-corrected chi connectivity index (χ1v) is 13.4. The standard InChI is InChI=1S/C30H33ClN4O3/c1-21-8-6-11-25(20-21)35(28(37)14-7-13-27(36)34-26-12-4-5-19-32-26)29(22-15-17-23(31)18-16-22)30(38)33-24-9-2-3-10-24/h4-6,8,11-12,15-20,24,29H,2-3,7,9-10,13-14H2,1H3,(H,33,38)(H,32,34,36)/t29-/m0/s1. The van der Waals surface area contributed by atoms with Gasteiger partial charge < -0.3 is 10.6 Å². The summed E-state index contributed by atoms with van der Waals surface area (Å²) < 4.78 is 0. The Morgan fingerprint density at radius 1 is 1.00 bits per heavy atom. The van der Waals surface area contributed by atoms with Crippen LogP contribution in [0.1, 0.15) is 62.1 Å². The molecule has 38 heavy (non-hydrogen) atoms. The number of carbonyl (C=O) groups excluding carboxylic acids is 3. The first-order valence-electron chi connectivity index (χ1n) is 13.1. The molecule has 1 atom stereocenters. The van der Waals surface area contributed by atoms with E-state index in [9.17, 15) is 14.4 Å². The first kappa shape index (κ1) is 27.3. The van der Waals surface area contributed by atoms with Gasteiger partial charge in [0.1, 0.15) is 11.9 Å². The molecule has 3 aromatic rings. The van der Waals surface area contributed by atoms with E-state index in [1.807, 2.05) is 31.2 Å². The molecule has 1 aromatic heterocycles. The second kappa shape index (κ2) is 13.2. The van der Waals surface area contributed by atoms with Gasteiger partial charge in [0, 0.05) is 35.8 Å². The number of nitrogens with zero attached hydrogens (tertiary/aromatic N) is 2. The SMILES string of the molecule is Cc1cccc(N(C(=O)CCCC(=O)Nc2ccccn2)[C@H](C(=O)NC2CCCC2)c2ccc(Cl)cc2)c1. The predicted octanol–water partition coefficient (Wildman–Crippen LogP) is 5.99. The molecule has 2 aromatic carbocycles. The molecule has 7 nitrogen and oxygen atoms in total. The summed E-state index contributed by atoms with van der Waals surface area (Å²) in [7, 11) is 0. The largest absolute Gasteiger partial charge is 0.351 e. The average molecular weight is 533 g/mol. The van der Waals surface area contributed by atoms with Crippen LogP contribution in [0, 0.1) is 6.92 Å². The molecular formula is C30H33ClN4O3. The molecule has 198 valence electrons. The van der Waals surface area contributed by atoms with Crippen LogP contribution in [0.5, 0.6) is 0 Å². The second-order valence-corrected chi connectivity index (χ2v) is 10.1. The Morgan fingerprint density at radius 3 is 2.45 bits per heavy atom. The molecule has 0 saturated heterocycles. The average Bonchev–Trinajstić information content (AvgIpc) is 3.41. The smallest absolute Gasteiger partial charge is 0.248 e. The van der Waals surface area contributed by atoms with Crippen molar-refractivity contribution in [3.8, 4) is 0 Å². The Kier molecular flexibility index (Phi) is 9.49. The van der Waals surface area contributed by atoms with Gasteiger partial charge in [0.2, 0.25) is 17.7 Å². The van der Waals surface area contributed by atoms with Crippen molar-refractivity contribution in [3.63, 3.8) is 0 Å². The van der Waals surface area contributed by atoms with Crippen LogP contribution >= 0.6 is 11.6 Å². The summed E-state index contributed by atoms with van der Waals surface area (Å²) in [6.07, 6.45) is 6.22. The lowest BCUT2D eigenvalue weighted by atomic mass is 10.0. The molecule has 0 radical (unpaired) electrons. The van der Waals surface area contributed by atoms with Crippen LogP contribution in [0.3, 0.4) is 0 Å². The topological polar surface area (TPSA) is 91.4 Å². The van der Waals surface area contributed by atoms with Crippen LogP contribution < -0.4 is 15.5 Å². The molecule has 2 N–H and O–H groups in total. The highest BCUT2D eigenvalue weighted by molar-refractivity contribution is 6.30. The fraction of sp³-hybridized carbons (Fsp3) is 0.333. The maximum atomic E-state index is 13.8. The number of amides is 3. The third-order valence-corrected chi connectivity index (χ3v) is 6.92. The van der Waals surface area contributed by atoms with E-state index in [1.54, 1.807) is 53.6 Å². The third-order valence-electron chi connectivity index (χ3n) is 6.67. The fourth-order valence-electron chi connectivity index (χ4n) is 4.79. The van der Waals surface area contributed by atoms with E-state index in [0.29, 0.717) is 28.5 Å². The highest BCUT2D eigenvalue weighted by atomic mass is 35.5. The van der Waals surface area contributed by atoms with Gasteiger partial charge in [-0.15, -0.1) is 0 Å². The summed E-state index contributed by atoms with van der Waals surface area (Å²) in [5.74, 6) is -0.201. The summed E-state index contributed by atoms with van der Waals surface area (Å²) in [5.41, 5.74) is 2.28. The zero-order chi connectivity index (χ0) is 26.9. The summed E-state index contributed by atoms with van der Waals surface area (Å²) in [6.45, 7) is 1.95. The van der Waals surface area contributed by atoms with E-state index in [1.165, 1.54) is 0 Å². The zero-order valence-corrected chi connectivity index (χ0v) is 22.3. The van der Waals surface area contributed by atoms with Crippen LogP contribution in [0.2, 0.25) is 5.02 Å². The van der Waals surface area contributed by atoms with Gasteiger partial charge in [-0.2, -0.15) is 0 Å². The van der Waals surface area contributed by atoms with E-state index in [4.69, 9.17) is 11.6 Å². The number of halogens is 1. The minimum absolute atomic E-state index is 0.0991. The molecule has 0 bridgehead atoms. The molecule has 1 saturated carbocycles. The summed E-state index contributed by atoms with van der Waals surface area (Å²) in [4.78, 5) is 45.6. The maximum absolute atomic E-state index is 13.8. The quantitative estimate of drug-likeness (QED) is 0.336. The van der Waals surface area contributed by atoms with Crippen LogP contribution in [0.15, 0.2) is 72.9 Å². The van der Waals surface area contributed by atoms with Crippen molar-refractivity contribution in [2.45, 2.75) is 64.0 Å². The highest BCUT2D eigenvalue weighted by Crippen LogP contribution is 2.31. The fourth-order valence-corrected chi connectivity index (χ4v) is 4.92. The number of anilines is 2. The number of nitrogens with one attached hydrogen (secondary N) is 2. The Labute approximate surface area is 228 Å². The number of pyridine rings is 1. The molecule has 8 heteroatoms. The Bertz CT molecular complexity index is 1240. The number of hydrogen-bond acceptors (Lipinski definition) is 4. The summed E-state index contributed by atoms with van der Waals surface area (Å²) >= 11 is 6.15. The van der Waals surface area contributed by atoms with Crippen LogP contribution in [-0.4, -0.2) is 28.7 Å². The van der Waals surface area contributed by atoms with Crippen molar-refractivity contribution in [2.24, 2.45) is 0 Å². The Hall–Kier alpha value is -3.71. The Balaban J connectivity index is 1.57. The summed E-state index contributed by atoms with van der Waals surface area (Å²) in [6, 6.07) is 19.1. The van der Waals surface area contributed by atoms with E-state index in [-0.39, 0.29) is 36.6 Å². The second-order valence-electron chi connectivity index (χ2n) is 9.66. The van der Waals surface area contributed by atoms with Crippen molar-refractivity contribution in [3.05, 3.63) is 89.1 Å². The van der Waals surface area contributed by atoms with Crippen molar-refractivity contribution in [2.75, 3.05) is 10.2 Å². The van der Waals surface area contributed by atoms with Gasteiger partial charge in [-0.3, -0.25) is 19.3 Å². The van der Waals surface area contributed by atoms with E-state index < -0.39 is 6.04 Å². The molecule has 3 amide bonds. The Morgan fingerprint density at radius 2 is 1.76 bits per heavy atom. The first-order chi connectivity index (χ1) is 18.4. The van der Waals surface area contributed by atoms with Crippen molar-refractivity contribution >= 4 is 40.8 Å². The predicted molar refractivity (Wildman–Crippen MR) is 150 cm³/mol. The van der Waals surface area contributed by atoms with Crippen molar-refractivity contribution < 1.29 is 14.4 Å². The summed E-state index contributed by atoms with van der Waals surface area (Å²) in [5, 5.41) is 6.47. The van der Waals surface area contributed by atoms with Crippen LogP contribution in [-0.2, 0) is 14.4 Å². The van der Waals surface area contributed by atoms with E-state index in [0.717, 1.165) is 31.2 Å². The van der Waals surface area contributed by atoms with Gasteiger partial charge in [0.15, 0.2) is 0 Å². The van der Waals surface area contributed by atoms with Crippen LogP contribution in [0.25, 0.3) is 0 Å². The minimum Gasteiger partial charge on any atom is -0.351 e. The lowest BCUT2D eigenvalue weighted by molar-refractivity contribution is -0.127. The molecule has 4 rings (SSSR count). The molecule has 1 fully saturated rings. The van der Waals surface area contributed by atoms with Crippen molar-refractivity contribution in [1.82, 2.24) is 10.3 Å². The van der Waals surface area contributed by atoms with Gasteiger partial charge in [0.25, 0.3) is 0 Å². The van der Waals surface area contributed by atoms with Gasteiger partial charge in [0.05, 0.1) is 0 Å². The molecule has 0 unspecified atom stereocenters. The molecule has 1 aliphatic carbocycles. The van der Waals surface area contributed by atoms with E-state index in [2.05, 4.69) is 15.6 Å². The number of rotatable bonds is 10. The van der Waals surface area contributed by atoms with Gasteiger partial charge >= 0.3 is 0 Å². The number of aromatic nitrogens is 1. The number of carbonyl (C=O) groups is 3. The zero-order valence-electron chi connectivity index (χ0n) is 21.5. The van der Waals surface area contributed by atoms with Gasteiger partial charge in [-0.1, -0.05) is 54.8 Å². The molecule has 0 aliphatic heterocycles.